The second kappa shape index (κ2) is 12.1. The molecule has 42 heavy (non-hydrogen) atoms. The predicted octanol–water partition coefficient (Wildman–Crippen LogP) is 3.54. The Bertz CT molecular complexity index is 1540. The lowest BCUT2D eigenvalue weighted by atomic mass is 10.1. The molecule has 2 aromatic carbocycles. The molecule has 1 unspecified atom stereocenters. The summed E-state index contributed by atoms with van der Waals surface area (Å²) in [7, 11) is -4.51. The normalized spacial score (nSPS) is 24.3. The first-order chi connectivity index (χ1) is 20.0. The van der Waals surface area contributed by atoms with Crippen LogP contribution in [-0.2, 0) is 23.4 Å². The van der Waals surface area contributed by atoms with Crippen molar-refractivity contribution in [3.8, 4) is 5.75 Å². The Hall–Kier alpha value is -3.42. The van der Waals surface area contributed by atoms with Gasteiger partial charge in [0, 0.05) is 11.6 Å². The van der Waals surface area contributed by atoms with E-state index >= 15 is 8.78 Å². The number of carbonyl (C=O) groups excluding carboxylic acids is 1. The number of nitrogen functional groups attached to an aromatic ring is 1. The molecule has 0 bridgehead atoms. The minimum absolute atomic E-state index is 0.135. The molecule has 1 aromatic heterocycles. The van der Waals surface area contributed by atoms with Gasteiger partial charge in [-0.1, -0.05) is 36.4 Å². The maximum absolute atomic E-state index is 15.0. The maximum Gasteiger partial charge on any atom is 0.459 e. The first kappa shape index (κ1) is 30.1. The number of rotatable bonds is 10. The molecule has 2 heterocycles. The summed E-state index contributed by atoms with van der Waals surface area (Å²) in [6, 6.07) is 12.0. The molecular weight excluding hydrogens is 577 g/mol. The molecule has 1 aliphatic heterocycles. The fraction of sp³-hybridized carbons (Fsp3) is 0.444. The number of fused-ring (bicyclic) bond motifs is 1. The highest BCUT2D eigenvalue weighted by atomic mass is 31.2. The van der Waals surface area contributed by atoms with Gasteiger partial charge in [-0.05, 0) is 50.1 Å². The van der Waals surface area contributed by atoms with Crippen molar-refractivity contribution in [2.75, 3.05) is 12.3 Å². The van der Waals surface area contributed by atoms with Crippen LogP contribution in [0.15, 0.2) is 59.5 Å². The van der Waals surface area contributed by atoms with E-state index in [9.17, 15) is 19.3 Å². The summed E-state index contributed by atoms with van der Waals surface area (Å²) >= 11 is 0. The number of nitrogens with two attached hydrogens (primary N) is 1. The number of aromatic nitrogens is 2. The van der Waals surface area contributed by atoms with Gasteiger partial charge in [0.2, 0.25) is 6.23 Å². The molecule has 1 aliphatic carbocycles. The molecule has 2 aliphatic rings. The fourth-order valence-corrected chi connectivity index (χ4v) is 6.46. The Morgan fingerprint density at radius 2 is 1.95 bits per heavy atom. The van der Waals surface area contributed by atoms with Crippen molar-refractivity contribution in [2.45, 2.75) is 69.1 Å². The van der Waals surface area contributed by atoms with E-state index < -0.39 is 56.4 Å². The van der Waals surface area contributed by atoms with E-state index in [0.29, 0.717) is 9.95 Å². The summed E-state index contributed by atoms with van der Waals surface area (Å²) in [4.78, 5) is 28.4. The van der Waals surface area contributed by atoms with Crippen LogP contribution in [0.4, 0.5) is 14.6 Å². The van der Waals surface area contributed by atoms with Crippen LogP contribution in [0.1, 0.15) is 38.8 Å². The molecule has 5 rings (SSSR count). The van der Waals surface area contributed by atoms with E-state index in [1.165, 1.54) is 13.0 Å². The second-order valence-corrected chi connectivity index (χ2v) is 11.9. The standard InChI is InChI=1S/C27H31F2N4O8P/c1-16(24(35)39-18-9-3-4-10-18)32-42(37,41-20-12-6-8-17-7-2-5-11-19(17)20)38-15-21-23(34)27(28,29)25(40-21)33-14-13-22(30)31-26(33)36/h2,5-8,11-14,16,18,21,23,25,34H,3-4,9-10,15H2,1H3,(H,32,37)(H2,30,31,36)/t16-,21+,23+,25+,42?/m0/s1. The third-order valence-corrected chi connectivity index (χ3v) is 8.78. The third kappa shape index (κ3) is 6.32. The Labute approximate surface area is 239 Å². The van der Waals surface area contributed by atoms with Gasteiger partial charge in [0.25, 0.3) is 0 Å². The third-order valence-electron chi connectivity index (χ3n) is 7.15. The lowest BCUT2D eigenvalue weighted by Gasteiger charge is -2.25. The van der Waals surface area contributed by atoms with E-state index in [1.54, 1.807) is 24.3 Å². The quantitative estimate of drug-likeness (QED) is 0.228. The minimum atomic E-state index is -4.51. The van der Waals surface area contributed by atoms with E-state index in [2.05, 4.69) is 10.1 Å². The molecule has 1 saturated carbocycles. The molecule has 0 radical (unpaired) electrons. The van der Waals surface area contributed by atoms with E-state index in [4.69, 9.17) is 24.3 Å². The monoisotopic (exact) mass is 608 g/mol. The van der Waals surface area contributed by atoms with Crippen molar-refractivity contribution in [3.05, 3.63) is 65.2 Å². The second-order valence-electron chi connectivity index (χ2n) is 10.2. The number of nitrogens with one attached hydrogen (secondary N) is 1. The van der Waals surface area contributed by atoms with Gasteiger partial charge in [-0.15, -0.1) is 0 Å². The smallest absolute Gasteiger partial charge is 0.459 e. The largest absolute Gasteiger partial charge is 0.461 e. The molecule has 5 atom stereocenters. The highest BCUT2D eigenvalue weighted by Gasteiger charge is 2.60. The SMILES string of the molecule is C[C@H](NP(=O)(OC[C@H]1O[C@@H](n2ccc(N)nc2=O)C(F)(F)[C@@H]1O)Oc1cccc2ccccc12)C(=O)OC1CCCC1. The molecule has 3 aromatic rings. The average Bonchev–Trinajstić information content (AvgIpc) is 3.54. The average molecular weight is 609 g/mol. The highest BCUT2D eigenvalue weighted by Crippen LogP contribution is 2.49. The zero-order valence-corrected chi connectivity index (χ0v) is 23.5. The first-order valence-corrected chi connectivity index (χ1v) is 15.0. The van der Waals surface area contributed by atoms with Crippen molar-refractivity contribution in [3.63, 3.8) is 0 Å². The number of nitrogens with zero attached hydrogens (tertiary/aromatic N) is 2. The van der Waals surface area contributed by atoms with Gasteiger partial charge in [0.15, 0.2) is 6.10 Å². The number of aliphatic hydroxyl groups excluding tert-OH is 1. The van der Waals surface area contributed by atoms with E-state index in [1.807, 2.05) is 12.1 Å². The van der Waals surface area contributed by atoms with Crippen LogP contribution < -0.4 is 21.0 Å². The van der Waals surface area contributed by atoms with Gasteiger partial charge in [0.05, 0.1) is 6.61 Å². The number of anilines is 1. The van der Waals surface area contributed by atoms with Gasteiger partial charge in [0.1, 0.15) is 29.8 Å². The van der Waals surface area contributed by atoms with Gasteiger partial charge in [-0.2, -0.15) is 18.9 Å². The maximum atomic E-state index is 15.0. The van der Waals surface area contributed by atoms with Crippen LogP contribution in [0.2, 0.25) is 0 Å². The number of hydrogen-bond acceptors (Lipinski definition) is 10. The van der Waals surface area contributed by atoms with Crippen LogP contribution in [0.3, 0.4) is 0 Å². The van der Waals surface area contributed by atoms with Crippen molar-refractivity contribution in [1.29, 1.82) is 0 Å². The van der Waals surface area contributed by atoms with Crippen LogP contribution in [0, 0.1) is 0 Å². The molecule has 0 amide bonds. The highest BCUT2D eigenvalue weighted by molar-refractivity contribution is 7.52. The summed E-state index contributed by atoms with van der Waals surface area (Å²) < 4.78 is 66.8. The molecule has 15 heteroatoms. The van der Waals surface area contributed by atoms with Gasteiger partial charge < -0.3 is 24.8 Å². The number of carbonyl (C=O) groups is 1. The number of benzene rings is 2. The lowest BCUT2D eigenvalue weighted by molar-refractivity contribution is -0.150. The fourth-order valence-electron chi connectivity index (χ4n) is 4.94. The van der Waals surface area contributed by atoms with Crippen molar-refractivity contribution >= 4 is 30.3 Å². The van der Waals surface area contributed by atoms with Crippen LogP contribution >= 0.6 is 7.75 Å². The Morgan fingerprint density at radius 1 is 1.24 bits per heavy atom. The van der Waals surface area contributed by atoms with Crippen molar-refractivity contribution < 1.29 is 41.8 Å². The number of halogens is 2. The van der Waals surface area contributed by atoms with E-state index in [0.717, 1.165) is 43.3 Å². The van der Waals surface area contributed by atoms with E-state index in [-0.39, 0.29) is 17.7 Å². The van der Waals surface area contributed by atoms with Crippen LogP contribution in [0.5, 0.6) is 5.75 Å². The van der Waals surface area contributed by atoms with Gasteiger partial charge >= 0.3 is 25.3 Å². The molecule has 0 spiro atoms. The number of hydrogen-bond donors (Lipinski definition) is 3. The van der Waals surface area contributed by atoms with Crippen LogP contribution in [-0.4, -0.2) is 57.5 Å². The molecule has 226 valence electrons. The number of esters is 1. The Kier molecular flexibility index (Phi) is 8.63. The topological polar surface area (TPSA) is 164 Å². The molecule has 2 fully saturated rings. The lowest BCUT2D eigenvalue weighted by Crippen LogP contribution is -2.42. The molecular formula is C27H31F2N4O8P. The Balaban J connectivity index is 1.37. The van der Waals surface area contributed by atoms with Gasteiger partial charge in [-0.3, -0.25) is 13.9 Å². The summed E-state index contributed by atoms with van der Waals surface area (Å²) in [5.74, 6) is -4.69. The summed E-state index contributed by atoms with van der Waals surface area (Å²) in [5, 5.41) is 14.3. The summed E-state index contributed by atoms with van der Waals surface area (Å²) in [6.45, 7) is 0.551. The first-order valence-electron chi connectivity index (χ1n) is 13.4. The molecule has 1 saturated heterocycles. The molecule has 4 N–H and O–H groups in total. The van der Waals surface area contributed by atoms with Crippen LogP contribution in [0.25, 0.3) is 10.8 Å². The van der Waals surface area contributed by atoms with Gasteiger partial charge in [-0.25, -0.2) is 9.36 Å². The zero-order valence-electron chi connectivity index (χ0n) is 22.6. The minimum Gasteiger partial charge on any atom is -0.461 e. The molecule has 12 nitrogen and oxygen atoms in total. The van der Waals surface area contributed by atoms with Crippen molar-refractivity contribution in [1.82, 2.24) is 14.6 Å². The zero-order chi connectivity index (χ0) is 30.1. The Morgan fingerprint density at radius 3 is 2.69 bits per heavy atom. The van der Waals surface area contributed by atoms with Crippen molar-refractivity contribution in [2.24, 2.45) is 0 Å². The number of aliphatic hydroxyl groups is 1. The number of alkyl halides is 2. The number of ether oxygens (including phenoxy) is 2. The predicted molar refractivity (Wildman–Crippen MR) is 147 cm³/mol. The summed E-state index contributed by atoms with van der Waals surface area (Å²) in [5.41, 5.74) is 4.33. The summed E-state index contributed by atoms with van der Waals surface area (Å²) in [6.07, 6.45) is -2.44.